The molecule has 5 nitrogen and oxygen atoms in total. The minimum absolute atomic E-state index is 0.128. The highest BCUT2D eigenvalue weighted by atomic mass is 32.1. The fourth-order valence-electron chi connectivity index (χ4n) is 2.77. The monoisotopic (exact) mass is 365 g/mol. The molecular weight excluding hydrogens is 346 g/mol. The summed E-state index contributed by atoms with van der Waals surface area (Å²) < 4.78 is 5.25. The third-order valence-electron chi connectivity index (χ3n) is 4.02. The van der Waals surface area contributed by atoms with Crippen molar-refractivity contribution >= 4 is 33.0 Å². The van der Waals surface area contributed by atoms with Crippen LogP contribution in [0, 0.1) is 11.3 Å². The number of rotatable bonds is 6. The Morgan fingerprint density at radius 2 is 2.00 bits per heavy atom. The Labute approximate surface area is 156 Å². The molecule has 0 aliphatic rings. The van der Waals surface area contributed by atoms with Gasteiger partial charge in [0.2, 0.25) is 5.91 Å². The van der Waals surface area contributed by atoms with Crippen LogP contribution >= 0.6 is 11.3 Å². The van der Waals surface area contributed by atoms with Crippen molar-refractivity contribution in [2.75, 3.05) is 26.0 Å². The van der Waals surface area contributed by atoms with Crippen LogP contribution in [0.25, 0.3) is 10.8 Å². The number of nitrogens with zero attached hydrogens (tertiary/aromatic N) is 2. The number of anilines is 1. The Balaban J connectivity index is 1.62. The van der Waals surface area contributed by atoms with Crippen LogP contribution in [0.2, 0.25) is 0 Å². The minimum atomic E-state index is -0.128. The Kier molecular flexibility index (Phi) is 5.52. The van der Waals surface area contributed by atoms with E-state index in [0.29, 0.717) is 17.1 Å². The predicted octanol–water partition coefficient (Wildman–Crippen LogP) is 3.85. The number of carbonyl (C=O) groups is 1. The van der Waals surface area contributed by atoms with Crippen molar-refractivity contribution in [3.05, 3.63) is 59.0 Å². The molecule has 2 aromatic carbocycles. The molecule has 132 valence electrons. The molecule has 0 saturated heterocycles. The SMILES string of the molecule is COc1ccc2cc(CN(C)CC(=O)Nc3sccc3C#N)ccc2c1. The maximum atomic E-state index is 12.2. The van der Waals surface area contributed by atoms with Gasteiger partial charge in [0, 0.05) is 6.54 Å². The summed E-state index contributed by atoms with van der Waals surface area (Å²) in [6, 6.07) is 16.0. The standard InChI is InChI=1S/C20H19N3O2S/c1-23(13-19(24)22-20-17(11-21)7-8-26-20)12-14-3-4-16-10-18(25-2)6-5-15(16)9-14/h3-10H,12-13H2,1-2H3,(H,22,24). The number of thiophene rings is 1. The number of nitrogens with one attached hydrogen (secondary N) is 1. The second-order valence-electron chi connectivity index (χ2n) is 6.04. The molecule has 0 fully saturated rings. The first-order valence-electron chi connectivity index (χ1n) is 8.11. The van der Waals surface area contributed by atoms with Gasteiger partial charge in [0.25, 0.3) is 0 Å². The zero-order valence-electron chi connectivity index (χ0n) is 14.7. The quantitative estimate of drug-likeness (QED) is 0.720. The van der Waals surface area contributed by atoms with Crippen LogP contribution in [-0.2, 0) is 11.3 Å². The van der Waals surface area contributed by atoms with Crippen LogP contribution in [0.4, 0.5) is 5.00 Å². The van der Waals surface area contributed by atoms with Crippen LogP contribution in [0.1, 0.15) is 11.1 Å². The molecule has 1 amide bonds. The lowest BCUT2D eigenvalue weighted by molar-refractivity contribution is -0.117. The average Bonchev–Trinajstić information content (AvgIpc) is 3.07. The van der Waals surface area contributed by atoms with Crippen molar-refractivity contribution in [1.29, 1.82) is 5.26 Å². The first-order chi connectivity index (χ1) is 12.6. The van der Waals surface area contributed by atoms with E-state index in [1.54, 1.807) is 18.6 Å². The topological polar surface area (TPSA) is 65.4 Å². The Hall–Kier alpha value is -2.88. The first kappa shape index (κ1) is 17.9. The van der Waals surface area contributed by atoms with Gasteiger partial charge in [0.15, 0.2) is 0 Å². The number of fused-ring (bicyclic) bond motifs is 1. The van der Waals surface area contributed by atoms with Crippen molar-refractivity contribution in [3.8, 4) is 11.8 Å². The van der Waals surface area contributed by atoms with Crippen LogP contribution in [-0.4, -0.2) is 31.5 Å². The molecular formula is C20H19N3O2S. The molecule has 0 spiro atoms. The van der Waals surface area contributed by atoms with E-state index in [1.165, 1.54) is 11.3 Å². The van der Waals surface area contributed by atoms with Crippen molar-refractivity contribution in [1.82, 2.24) is 4.90 Å². The van der Waals surface area contributed by atoms with E-state index in [2.05, 4.69) is 29.6 Å². The summed E-state index contributed by atoms with van der Waals surface area (Å²) in [4.78, 5) is 14.1. The lowest BCUT2D eigenvalue weighted by Crippen LogP contribution is -2.29. The molecule has 26 heavy (non-hydrogen) atoms. The zero-order chi connectivity index (χ0) is 18.5. The van der Waals surface area contributed by atoms with Crippen molar-refractivity contribution in [2.45, 2.75) is 6.54 Å². The second kappa shape index (κ2) is 8.00. The third-order valence-corrected chi connectivity index (χ3v) is 4.85. The molecule has 1 N–H and O–H groups in total. The number of hydrogen-bond donors (Lipinski definition) is 1. The number of amides is 1. The number of nitriles is 1. The van der Waals surface area contributed by atoms with E-state index in [1.807, 2.05) is 30.1 Å². The van der Waals surface area contributed by atoms with Gasteiger partial charge in [-0.3, -0.25) is 9.69 Å². The predicted molar refractivity (Wildman–Crippen MR) is 104 cm³/mol. The number of likely N-dealkylation sites (N-methyl/N-ethyl adjacent to an activating group) is 1. The van der Waals surface area contributed by atoms with E-state index in [4.69, 9.17) is 10.00 Å². The Bertz CT molecular complexity index is 975. The van der Waals surface area contributed by atoms with E-state index in [0.717, 1.165) is 22.1 Å². The first-order valence-corrected chi connectivity index (χ1v) is 8.99. The summed E-state index contributed by atoms with van der Waals surface area (Å²) in [6.45, 7) is 0.911. The van der Waals surface area contributed by atoms with Gasteiger partial charge in [-0.1, -0.05) is 18.2 Å². The molecule has 1 heterocycles. The lowest BCUT2D eigenvalue weighted by Gasteiger charge is -2.16. The Morgan fingerprint density at radius 3 is 2.77 bits per heavy atom. The highest BCUT2D eigenvalue weighted by molar-refractivity contribution is 7.14. The van der Waals surface area contributed by atoms with E-state index < -0.39 is 0 Å². The summed E-state index contributed by atoms with van der Waals surface area (Å²) in [5.41, 5.74) is 1.63. The molecule has 0 aliphatic heterocycles. The molecule has 0 aliphatic carbocycles. The fraction of sp³-hybridized carbons (Fsp3) is 0.200. The summed E-state index contributed by atoms with van der Waals surface area (Å²) in [5, 5.41) is 16.5. The van der Waals surface area contributed by atoms with Gasteiger partial charge in [-0.15, -0.1) is 11.3 Å². The molecule has 3 rings (SSSR count). The highest BCUT2D eigenvalue weighted by Crippen LogP contribution is 2.23. The molecule has 0 radical (unpaired) electrons. The zero-order valence-corrected chi connectivity index (χ0v) is 15.5. The Morgan fingerprint density at radius 1 is 1.23 bits per heavy atom. The van der Waals surface area contributed by atoms with E-state index in [9.17, 15) is 4.79 Å². The van der Waals surface area contributed by atoms with Crippen LogP contribution in [0.15, 0.2) is 47.8 Å². The molecule has 0 unspecified atom stereocenters. The van der Waals surface area contributed by atoms with Gasteiger partial charge in [-0.05, 0) is 53.0 Å². The summed E-state index contributed by atoms with van der Waals surface area (Å²) in [7, 11) is 3.56. The molecule has 6 heteroatoms. The summed E-state index contributed by atoms with van der Waals surface area (Å²) >= 11 is 1.35. The average molecular weight is 365 g/mol. The highest BCUT2D eigenvalue weighted by Gasteiger charge is 2.11. The normalized spacial score (nSPS) is 10.7. The minimum Gasteiger partial charge on any atom is -0.497 e. The van der Waals surface area contributed by atoms with Gasteiger partial charge in [-0.25, -0.2) is 0 Å². The largest absolute Gasteiger partial charge is 0.497 e. The lowest BCUT2D eigenvalue weighted by atomic mass is 10.1. The van der Waals surface area contributed by atoms with Gasteiger partial charge < -0.3 is 10.1 Å². The van der Waals surface area contributed by atoms with Crippen molar-refractivity contribution < 1.29 is 9.53 Å². The van der Waals surface area contributed by atoms with E-state index in [-0.39, 0.29) is 12.5 Å². The number of methoxy groups -OCH3 is 1. The smallest absolute Gasteiger partial charge is 0.239 e. The van der Waals surface area contributed by atoms with Crippen molar-refractivity contribution in [3.63, 3.8) is 0 Å². The van der Waals surface area contributed by atoms with E-state index >= 15 is 0 Å². The number of ether oxygens (including phenoxy) is 1. The third kappa shape index (κ3) is 4.20. The molecule has 0 atom stereocenters. The van der Waals surface area contributed by atoms with Crippen LogP contribution in [0.5, 0.6) is 5.75 Å². The number of hydrogen-bond acceptors (Lipinski definition) is 5. The van der Waals surface area contributed by atoms with Gasteiger partial charge in [0.1, 0.15) is 16.8 Å². The maximum absolute atomic E-state index is 12.2. The van der Waals surface area contributed by atoms with Crippen LogP contribution < -0.4 is 10.1 Å². The summed E-state index contributed by atoms with van der Waals surface area (Å²) in [5.74, 6) is 0.710. The molecule has 0 bridgehead atoms. The number of carbonyl (C=O) groups excluding carboxylic acids is 1. The number of benzene rings is 2. The van der Waals surface area contributed by atoms with Gasteiger partial charge in [-0.2, -0.15) is 5.26 Å². The molecule has 1 aromatic heterocycles. The van der Waals surface area contributed by atoms with Gasteiger partial charge >= 0.3 is 0 Å². The molecule has 0 saturated carbocycles. The second-order valence-corrected chi connectivity index (χ2v) is 6.96. The summed E-state index contributed by atoms with van der Waals surface area (Å²) in [6.07, 6.45) is 0. The maximum Gasteiger partial charge on any atom is 0.239 e. The fourth-order valence-corrected chi connectivity index (χ4v) is 3.53. The van der Waals surface area contributed by atoms with Gasteiger partial charge in [0.05, 0.1) is 19.2 Å². The van der Waals surface area contributed by atoms with Crippen LogP contribution in [0.3, 0.4) is 0 Å². The molecule has 3 aromatic rings. The van der Waals surface area contributed by atoms with Crippen molar-refractivity contribution in [2.24, 2.45) is 0 Å².